The van der Waals surface area contributed by atoms with E-state index in [1.54, 1.807) is 0 Å². The Kier molecular flexibility index (Phi) is 5.26. The van der Waals surface area contributed by atoms with Crippen LogP contribution >= 0.6 is 0 Å². The highest BCUT2D eigenvalue weighted by Gasteiger charge is 2.35. The van der Waals surface area contributed by atoms with Crippen molar-refractivity contribution in [3.63, 3.8) is 0 Å². The standard InChI is InChI=1S/C13H25NO2/c1-2-6-13(7-4-3-5-8-13)9-11(10-14)12(15)16/h11H,2-10,14H2,1H3,(H,15,16). The summed E-state index contributed by atoms with van der Waals surface area (Å²) in [5.74, 6) is -1.06. The Bertz CT molecular complexity index is 216. The van der Waals surface area contributed by atoms with Crippen LogP contribution < -0.4 is 5.73 Å². The molecular formula is C13H25NO2. The number of carbonyl (C=O) groups is 1. The van der Waals surface area contributed by atoms with Gasteiger partial charge in [-0.05, 0) is 31.1 Å². The van der Waals surface area contributed by atoms with Gasteiger partial charge in [-0.25, -0.2) is 0 Å². The van der Waals surface area contributed by atoms with Gasteiger partial charge in [-0.2, -0.15) is 0 Å². The fraction of sp³-hybridized carbons (Fsp3) is 0.923. The van der Waals surface area contributed by atoms with E-state index in [1.165, 1.54) is 32.1 Å². The molecule has 0 amide bonds. The summed E-state index contributed by atoms with van der Waals surface area (Å²) in [6.45, 7) is 2.47. The maximum absolute atomic E-state index is 11.1. The minimum Gasteiger partial charge on any atom is -0.481 e. The van der Waals surface area contributed by atoms with Crippen LogP contribution in [0.4, 0.5) is 0 Å². The second kappa shape index (κ2) is 6.24. The van der Waals surface area contributed by atoms with Crippen LogP contribution in [0, 0.1) is 11.3 Å². The Morgan fingerprint density at radius 3 is 2.44 bits per heavy atom. The molecule has 1 unspecified atom stereocenters. The third-order valence-electron chi connectivity index (χ3n) is 4.01. The zero-order chi connectivity index (χ0) is 12.0. The number of hydrogen-bond acceptors (Lipinski definition) is 2. The Morgan fingerprint density at radius 1 is 1.38 bits per heavy atom. The Balaban J connectivity index is 2.64. The van der Waals surface area contributed by atoms with Gasteiger partial charge in [0.2, 0.25) is 0 Å². The molecule has 0 saturated heterocycles. The zero-order valence-corrected chi connectivity index (χ0v) is 10.4. The van der Waals surface area contributed by atoms with Crippen molar-refractivity contribution in [3.05, 3.63) is 0 Å². The minimum atomic E-state index is -0.719. The highest BCUT2D eigenvalue weighted by Crippen LogP contribution is 2.44. The monoisotopic (exact) mass is 227 g/mol. The van der Waals surface area contributed by atoms with Crippen molar-refractivity contribution in [2.75, 3.05) is 6.54 Å². The van der Waals surface area contributed by atoms with Gasteiger partial charge in [0.1, 0.15) is 0 Å². The maximum atomic E-state index is 11.1. The van der Waals surface area contributed by atoms with Gasteiger partial charge in [0, 0.05) is 6.54 Å². The molecule has 0 aromatic heterocycles. The summed E-state index contributed by atoms with van der Waals surface area (Å²) in [6.07, 6.45) is 9.33. The van der Waals surface area contributed by atoms with E-state index in [9.17, 15) is 4.79 Å². The van der Waals surface area contributed by atoms with Gasteiger partial charge in [-0.1, -0.05) is 32.6 Å². The van der Waals surface area contributed by atoms with E-state index in [-0.39, 0.29) is 17.9 Å². The number of rotatable bonds is 6. The van der Waals surface area contributed by atoms with Crippen LogP contribution in [0.3, 0.4) is 0 Å². The predicted octanol–water partition coefficient (Wildman–Crippen LogP) is 2.79. The molecule has 3 heteroatoms. The lowest BCUT2D eigenvalue weighted by molar-refractivity contribution is -0.142. The zero-order valence-electron chi connectivity index (χ0n) is 10.4. The number of carboxylic acids is 1. The summed E-state index contributed by atoms with van der Waals surface area (Å²) in [5.41, 5.74) is 5.84. The average Bonchev–Trinajstić information content (AvgIpc) is 2.27. The second-order valence-electron chi connectivity index (χ2n) is 5.29. The number of nitrogens with two attached hydrogens (primary N) is 1. The Labute approximate surface area is 98.4 Å². The van der Waals surface area contributed by atoms with Crippen molar-refractivity contribution in [3.8, 4) is 0 Å². The van der Waals surface area contributed by atoms with Crippen LogP contribution in [0.2, 0.25) is 0 Å². The van der Waals surface area contributed by atoms with Crippen molar-refractivity contribution in [2.45, 2.75) is 58.3 Å². The van der Waals surface area contributed by atoms with Crippen molar-refractivity contribution in [1.29, 1.82) is 0 Å². The second-order valence-corrected chi connectivity index (χ2v) is 5.29. The fourth-order valence-electron chi connectivity index (χ4n) is 3.18. The summed E-state index contributed by atoms with van der Waals surface area (Å²) < 4.78 is 0. The molecular weight excluding hydrogens is 202 g/mol. The molecule has 3 N–H and O–H groups in total. The van der Waals surface area contributed by atoms with Gasteiger partial charge in [-0.15, -0.1) is 0 Å². The first-order valence-electron chi connectivity index (χ1n) is 6.56. The molecule has 1 fully saturated rings. The molecule has 0 aromatic rings. The SMILES string of the molecule is CCCC1(CC(CN)C(=O)O)CCCCC1. The Morgan fingerprint density at radius 2 is 2.00 bits per heavy atom. The van der Waals surface area contributed by atoms with E-state index >= 15 is 0 Å². The predicted molar refractivity (Wildman–Crippen MR) is 65.2 cm³/mol. The van der Waals surface area contributed by atoms with Crippen LogP contribution in [0.5, 0.6) is 0 Å². The molecule has 1 aliphatic carbocycles. The fourth-order valence-corrected chi connectivity index (χ4v) is 3.18. The lowest BCUT2D eigenvalue weighted by Gasteiger charge is -2.39. The van der Waals surface area contributed by atoms with Crippen molar-refractivity contribution in [2.24, 2.45) is 17.1 Å². The molecule has 16 heavy (non-hydrogen) atoms. The van der Waals surface area contributed by atoms with Crippen LogP contribution in [0.1, 0.15) is 58.3 Å². The summed E-state index contributed by atoms with van der Waals surface area (Å²) in [5, 5.41) is 9.11. The smallest absolute Gasteiger partial charge is 0.307 e. The Hall–Kier alpha value is -0.570. The van der Waals surface area contributed by atoms with Crippen molar-refractivity contribution >= 4 is 5.97 Å². The lowest BCUT2D eigenvalue weighted by atomic mass is 9.66. The molecule has 1 rings (SSSR count). The van der Waals surface area contributed by atoms with Gasteiger partial charge in [0.25, 0.3) is 0 Å². The normalized spacial score (nSPS) is 21.6. The third kappa shape index (κ3) is 3.48. The quantitative estimate of drug-likeness (QED) is 0.733. The molecule has 0 aromatic carbocycles. The first-order valence-corrected chi connectivity index (χ1v) is 6.56. The van der Waals surface area contributed by atoms with Gasteiger partial charge in [-0.3, -0.25) is 4.79 Å². The molecule has 0 spiro atoms. The van der Waals surface area contributed by atoms with E-state index in [0.717, 1.165) is 19.3 Å². The largest absolute Gasteiger partial charge is 0.481 e. The van der Waals surface area contributed by atoms with Crippen LogP contribution in [-0.2, 0) is 4.79 Å². The summed E-state index contributed by atoms with van der Waals surface area (Å²) >= 11 is 0. The van der Waals surface area contributed by atoms with E-state index < -0.39 is 5.97 Å². The topological polar surface area (TPSA) is 63.3 Å². The lowest BCUT2D eigenvalue weighted by Crippen LogP contribution is -2.33. The molecule has 1 aliphatic rings. The highest BCUT2D eigenvalue weighted by molar-refractivity contribution is 5.70. The third-order valence-corrected chi connectivity index (χ3v) is 4.01. The molecule has 94 valence electrons. The molecule has 3 nitrogen and oxygen atoms in total. The summed E-state index contributed by atoms with van der Waals surface area (Å²) in [7, 11) is 0. The van der Waals surface area contributed by atoms with Crippen molar-refractivity contribution in [1.82, 2.24) is 0 Å². The van der Waals surface area contributed by atoms with Crippen LogP contribution in [0.15, 0.2) is 0 Å². The molecule has 0 heterocycles. The van der Waals surface area contributed by atoms with Gasteiger partial charge >= 0.3 is 5.97 Å². The van der Waals surface area contributed by atoms with Gasteiger partial charge < -0.3 is 10.8 Å². The van der Waals surface area contributed by atoms with E-state index in [1.807, 2.05) is 0 Å². The van der Waals surface area contributed by atoms with Gasteiger partial charge in [0.15, 0.2) is 0 Å². The molecule has 0 aliphatic heterocycles. The van der Waals surface area contributed by atoms with E-state index in [0.29, 0.717) is 0 Å². The van der Waals surface area contributed by atoms with Gasteiger partial charge in [0.05, 0.1) is 5.92 Å². The average molecular weight is 227 g/mol. The highest BCUT2D eigenvalue weighted by atomic mass is 16.4. The minimum absolute atomic E-state index is 0.273. The van der Waals surface area contributed by atoms with Crippen LogP contribution in [-0.4, -0.2) is 17.6 Å². The molecule has 1 saturated carbocycles. The summed E-state index contributed by atoms with van der Waals surface area (Å²) in [6, 6.07) is 0. The first-order chi connectivity index (χ1) is 7.63. The molecule has 0 radical (unpaired) electrons. The van der Waals surface area contributed by atoms with Crippen LogP contribution in [0.25, 0.3) is 0 Å². The summed E-state index contributed by atoms with van der Waals surface area (Å²) in [4.78, 5) is 11.1. The maximum Gasteiger partial charge on any atom is 0.307 e. The van der Waals surface area contributed by atoms with E-state index in [4.69, 9.17) is 10.8 Å². The molecule has 0 bridgehead atoms. The number of aliphatic carboxylic acids is 1. The van der Waals surface area contributed by atoms with E-state index in [2.05, 4.69) is 6.92 Å². The number of hydrogen-bond donors (Lipinski definition) is 2. The molecule has 1 atom stereocenters. The first kappa shape index (κ1) is 13.5. The van der Waals surface area contributed by atoms with Crippen molar-refractivity contribution < 1.29 is 9.90 Å². The number of carboxylic acid groups (broad SMARTS) is 1.